The molecule has 0 fully saturated rings. The smallest absolute Gasteiger partial charge is 0.0528 e. The second-order valence-electron chi connectivity index (χ2n) is 3.12. The molecule has 1 aromatic carbocycles. The standard InChI is InChI=1S/C11H14BrN/c1-8(2)11(13-3)9-5-4-6-10(12)7-9/h4-7,11,13H,1H2,2-3H3. The Morgan fingerprint density at radius 2 is 2.23 bits per heavy atom. The van der Waals surface area contributed by atoms with Gasteiger partial charge >= 0.3 is 0 Å². The van der Waals surface area contributed by atoms with Crippen LogP contribution in [-0.4, -0.2) is 7.05 Å². The number of hydrogen-bond donors (Lipinski definition) is 1. The highest BCUT2D eigenvalue weighted by molar-refractivity contribution is 9.10. The quantitative estimate of drug-likeness (QED) is 0.799. The normalized spacial score (nSPS) is 12.5. The summed E-state index contributed by atoms with van der Waals surface area (Å²) in [6, 6.07) is 8.51. The lowest BCUT2D eigenvalue weighted by Gasteiger charge is -2.16. The van der Waals surface area contributed by atoms with Crippen LogP contribution >= 0.6 is 15.9 Å². The minimum Gasteiger partial charge on any atom is -0.310 e. The van der Waals surface area contributed by atoms with Crippen molar-refractivity contribution in [2.75, 3.05) is 7.05 Å². The summed E-state index contributed by atoms with van der Waals surface area (Å²) in [6.07, 6.45) is 0. The summed E-state index contributed by atoms with van der Waals surface area (Å²) in [5.74, 6) is 0. The van der Waals surface area contributed by atoms with Crippen LogP contribution in [-0.2, 0) is 0 Å². The van der Waals surface area contributed by atoms with Crippen molar-refractivity contribution in [3.05, 3.63) is 46.5 Å². The van der Waals surface area contributed by atoms with Crippen molar-refractivity contribution >= 4 is 15.9 Å². The minimum absolute atomic E-state index is 0.248. The second kappa shape index (κ2) is 4.58. The van der Waals surface area contributed by atoms with Crippen molar-refractivity contribution < 1.29 is 0 Å². The second-order valence-corrected chi connectivity index (χ2v) is 4.04. The first-order valence-electron chi connectivity index (χ1n) is 4.23. The maximum absolute atomic E-state index is 3.95. The fourth-order valence-corrected chi connectivity index (χ4v) is 1.80. The minimum atomic E-state index is 0.248. The zero-order valence-corrected chi connectivity index (χ0v) is 9.56. The molecule has 1 atom stereocenters. The van der Waals surface area contributed by atoms with Crippen LogP contribution in [0.4, 0.5) is 0 Å². The zero-order chi connectivity index (χ0) is 9.84. The van der Waals surface area contributed by atoms with Crippen molar-refractivity contribution in [1.82, 2.24) is 5.32 Å². The van der Waals surface area contributed by atoms with E-state index in [9.17, 15) is 0 Å². The summed E-state index contributed by atoms with van der Waals surface area (Å²) in [4.78, 5) is 0. The van der Waals surface area contributed by atoms with E-state index in [2.05, 4.69) is 40.0 Å². The predicted octanol–water partition coefficient (Wildman–Crippen LogP) is 3.29. The summed E-state index contributed by atoms with van der Waals surface area (Å²) >= 11 is 3.45. The Hall–Kier alpha value is -0.600. The highest BCUT2D eigenvalue weighted by Gasteiger charge is 2.08. The lowest BCUT2D eigenvalue weighted by atomic mass is 10.0. The van der Waals surface area contributed by atoms with Crippen LogP contribution in [0.25, 0.3) is 0 Å². The molecule has 1 N–H and O–H groups in total. The van der Waals surface area contributed by atoms with E-state index < -0.39 is 0 Å². The first-order chi connectivity index (χ1) is 6.15. The van der Waals surface area contributed by atoms with Gasteiger partial charge in [-0.25, -0.2) is 0 Å². The van der Waals surface area contributed by atoms with Gasteiger partial charge < -0.3 is 5.32 Å². The Balaban J connectivity index is 2.98. The maximum Gasteiger partial charge on any atom is 0.0528 e. The van der Waals surface area contributed by atoms with Crippen LogP contribution in [0, 0.1) is 0 Å². The van der Waals surface area contributed by atoms with Crippen molar-refractivity contribution in [2.24, 2.45) is 0 Å². The molecule has 0 aromatic heterocycles. The molecule has 0 spiro atoms. The Kier molecular flexibility index (Phi) is 3.70. The molecule has 1 rings (SSSR count). The van der Waals surface area contributed by atoms with Gasteiger partial charge in [0, 0.05) is 4.47 Å². The average molecular weight is 240 g/mol. The number of rotatable bonds is 3. The van der Waals surface area contributed by atoms with Gasteiger partial charge in [-0.05, 0) is 31.7 Å². The lowest BCUT2D eigenvalue weighted by molar-refractivity contribution is 0.679. The highest BCUT2D eigenvalue weighted by Crippen LogP contribution is 2.22. The molecule has 0 heterocycles. The van der Waals surface area contributed by atoms with Crippen molar-refractivity contribution in [3.8, 4) is 0 Å². The number of halogens is 1. The van der Waals surface area contributed by atoms with Gasteiger partial charge in [0.1, 0.15) is 0 Å². The Morgan fingerprint density at radius 1 is 1.54 bits per heavy atom. The third-order valence-corrected chi connectivity index (χ3v) is 2.46. The average Bonchev–Trinajstić information content (AvgIpc) is 2.04. The van der Waals surface area contributed by atoms with E-state index in [4.69, 9.17) is 0 Å². The highest BCUT2D eigenvalue weighted by atomic mass is 79.9. The van der Waals surface area contributed by atoms with Crippen LogP contribution in [0.3, 0.4) is 0 Å². The molecular weight excluding hydrogens is 226 g/mol. The van der Waals surface area contributed by atoms with E-state index in [0.29, 0.717) is 0 Å². The van der Waals surface area contributed by atoms with Crippen molar-refractivity contribution in [3.63, 3.8) is 0 Å². The number of likely N-dealkylation sites (N-methyl/N-ethyl adjacent to an activating group) is 1. The molecule has 13 heavy (non-hydrogen) atoms. The van der Waals surface area contributed by atoms with Crippen LogP contribution in [0.1, 0.15) is 18.5 Å². The van der Waals surface area contributed by atoms with E-state index >= 15 is 0 Å². The van der Waals surface area contributed by atoms with Gasteiger partial charge in [-0.2, -0.15) is 0 Å². The summed E-state index contributed by atoms with van der Waals surface area (Å²) in [5.41, 5.74) is 2.37. The SMILES string of the molecule is C=C(C)C(NC)c1cccc(Br)c1. The number of benzene rings is 1. The maximum atomic E-state index is 3.95. The van der Waals surface area contributed by atoms with E-state index in [1.165, 1.54) is 5.56 Å². The summed E-state index contributed by atoms with van der Waals surface area (Å²) in [7, 11) is 1.94. The molecule has 1 unspecified atom stereocenters. The largest absolute Gasteiger partial charge is 0.310 e. The molecule has 2 heteroatoms. The van der Waals surface area contributed by atoms with Crippen molar-refractivity contribution in [2.45, 2.75) is 13.0 Å². The van der Waals surface area contributed by atoms with Gasteiger partial charge in [0.2, 0.25) is 0 Å². The fraction of sp³-hybridized carbons (Fsp3) is 0.273. The van der Waals surface area contributed by atoms with Crippen LogP contribution in [0.15, 0.2) is 40.9 Å². The van der Waals surface area contributed by atoms with Gasteiger partial charge in [0.15, 0.2) is 0 Å². The molecule has 0 amide bonds. The van der Waals surface area contributed by atoms with E-state index in [0.717, 1.165) is 10.0 Å². The van der Waals surface area contributed by atoms with E-state index in [-0.39, 0.29) is 6.04 Å². The molecule has 0 aliphatic carbocycles. The predicted molar refractivity (Wildman–Crippen MR) is 60.8 cm³/mol. The summed E-state index contributed by atoms with van der Waals surface area (Å²) in [5, 5.41) is 3.22. The molecule has 0 aliphatic heterocycles. The van der Waals surface area contributed by atoms with Gasteiger partial charge in [-0.1, -0.05) is 40.2 Å². The lowest BCUT2D eigenvalue weighted by Crippen LogP contribution is -2.16. The van der Waals surface area contributed by atoms with E-state index in [1.54, 1.807) is 0 Å². The molecule has 0 bridgehead atoms. The topological polar surface area (TPSA) is 12.0 Å². The zero-order valence-electron chi connectivity index (χ0n) is 7.97. The van der Waals surface area contributed by atoms with Gasteiger partial charge in [0.25, 0.3) is 0 Å². The molecule has 0 saturated carbocycles. The van der Waals surface area contributed by atoms with Gasteiger partial charge in [-0.3, -0.25) is 0 Å². The Morgan fingerprint density at radius 3 is 2.69 bits per heavy atom. The molecule has 0 radical (unpaired) electrons. The Labute approximate surface area is 88.0 Å². The van der Waals surface area contributed by atoms with Crippen molar-refractivity contribution in [1.29, 1.82) is 0 Å². The molecule has 70 valence electrons. The number of nitrogens with one attached hydrogen (secondary N) is 1. The third-order valence-electron chi connectivity index (χ3n) is 1.96. The molecule has 0 aliphatic rings. The summed E-state index contributed by atoms with van der Waals surface area (Å²) in [6.45, 7) is 5.98. The Bertz CT molecular complexity index is 307. The third kappa shape index (κ3) is 2.68. The first-order valence-corrected chi connectivity index (χ1v) is 5.02. The molecule has 1 aromatic rings. The van der Waals surface area contributed by atoms with Crippen LogP contribution < -0.4 is 5.32 Å². The van der Waals surface area contributed by atoms with Gasteiger partial charge in [0.05, 0.1) is 6.04 Å². The monoisotopic (exact) mass is 239 g/mol. The molecule has 0 saturated heterocycles. The van der Waals surface area contributed by atoms with Crippen LogP contribution in [0.5, 0.6) is 0 Å². The molecular formula is C11H14BrN. The van der Waals surface area contributed by atoms with Gasteiger partial charge in [-0.15, -0.1) is 0 Å². The number of hydrogen-bond acceptors (Lipinski definition) is 1. The molecule has 1 nitrogen and oxygen atoms in total. The van der Waals surface area contributed by atoms with E-state index in [1.807, 2.05) is 26.1 Å². The fourth-order valence-electron chi connectivity index (χ4n) is 1.38. The first kappa shape index (κ1) is 10.5. The summed E-state index contributed by atoms with van der Waals surface area (Å²) < 4.78 is 1.10. The van der Waals surface area contributed by atoms with Crippen LogP contribution in [0.2, 0.25) is 0 Å².